The molecule has 0 amide bonds. The highest BCUT2D eigenvalue weighted by molar-refractivity contribution is 5.40. The Morgan fingerprint density at radius 1 is 1.05 bits per heavy atom. The minimum absolute atomic E-state index is 0.227. The van der Waals surface area contributed by atoms with Gasteiger partial charge in [-0.3, -0.25) is 0 Å². The van der Waals surface area contributed by atoms with Crippen molar-refractivity contribution in [2.45, 2.75) is 12.3 Å². The monoisotopic (exact) mass is 277 g/mol. The second-order valence-corrected chi connectivity index (χ2v) is 4.22. The summed E-state index contributed by atoms with van der Waals surface area (Å²) in [5.41, 5.74) is -0.572. The Morgan fingerprint density at radius 3 is 2.40 bits per heavy atom. The van der Waals surface area contributed by atoms with E-state index in [1.165, 1.54) is 42.5 Å². The molecular weight excluding hydrogens is 267 g/mol. The predicted octanol–water partition coefficient (Wildman–Crippen LogP) is 3.66. The van der Waals surface area contributed by atoms with E-state index in [4.69, 9.17) is 5.26 Å². The van der Waals surface area contributed by atoms with Crippen molar-refractivity contribution in [1.29, 1.82) is 5.26 Å². The van der Waals surface area contributed by atoms with Gasteiger partial charge >= 0.3 is 6.18 Å². The van der Waals surface area contributed by atoms with Crippen LogP contribution in [0.1, 0.15) is 28.4 Å². The summed E-state index contributed by atoms with van der Waals surface area (Å²) in [5.74, 6) is 0. The molecular formula is C15H10F3NO. The molecule has 0 saturated heterocycles. The highest BCUT2D eigenvalue weighted by atomic mass is 19.4. The van der Waals surface area contributed by atoms with Gasteiger partial charge < -0.3 is 5.11 Å². The zero-order valence-electron chi connectivity index (χ0n) is 10.2. The lowest BCUT2D eigenvalue weighted by Gasteiger charge is -2.17. The van der Waals surface area contributed by atoms with Gasteiger partial charge in [0.05, 0.1) is 17.2 Å². The lowest BCUT2D eigenvalue weighted by Crippen LogP contribution is -2.12. The van der Waals surface area contributed by atoms with Gasteiger partial charge in [0.1, 0.15) is 6.10 Å². The molecule has 102 valence electrons. The first-order chi connectivity index (χ1) is 9.43. The lowest BCUT2D eigenvalue weighted by molar-refractivity contribution is -0.139. The van der Waals surface area contributed by atoms with Crippen LogP contribution in [0.5, 0.6) is 0 Å². The van der Waals surface area contributed by atoms with E-state index in [2.05, 4.69) is 0 Å². The van der Waals surface area contributed by atoms with Crippen LogP contribution in [0.25, 0.3) is 0 Å². The molecule has 2 aromatic rings. The van der Waals surface area contributed by atoms with Crippen molar-refractivity contribution in [3.05, 3.63) is 70.8 Å². The molecule has 1 atom stereocenters. The third kappa shape index (κ3) is 2.81. The van der Waals surface area contributed by atoms with Crippen molar-refractivity contribution in [2.24, 2.45) is 0 Å². The molecule has 0 aromatic heterocycles. The van der Waals surface area contributed by atoms with E-state index in [0.29, 0.717) is 0 Å². The molecule has 0 bridgehead atoms. The van der Waals surface area contributed by atoms with Gasteiger partial charge in [0.15, 0.2) is 0 Å². The second kappa shape index (κ2) is 5.35. The first-order valence-corrected chi connectivity index (χ1v) is 5.77. The summed E-state index contributed by atoms with van der Waals surface area (Å²) in [7, 11) is 0. The number of benzene rings is 2. The predicted molar refractivity (Wildman–Crippen MR) is 66.7 cm³/mol. The van der Waals surface area contributed by atoms with E-state index in [9.17, 15) is 18.3 Å². The van der Waals surface area contributed by atoms with Crippen LogP contribution in [0.15, 0.2) is 48.5 Å². The molecule has 2 rings (SSSR count). The lowest BCUT2D eigenvalue weighted by atomic mass is 9.95. The first kappa shape index (κ1) is 14.1. The van der Waals surface area contributed by atoms with Crippen LogP contribution < -0.4 is 0 Å². The molecule has 2 aromatic carbocycles. The molecule has 0 aliphatic carbocycles. The van der Waals surface area contributed by atoms with E-state index < -0.39 is 17.8 Å². The molecule has 0 heterocycles. The average Bonchev–Trinajstić information content (AvgIpc) is 2.45. The zero-order valence-corrected chi connectivity index (χ0v) is 10.2. The average molecular weight is 277 g/mol. The molecule has 1 unspecified atom stereocenters. The van der Waals surface area contributed by atoms with Crippen LogP contribution in [-0.2, 0) is 6.18 Å². The summed E-state index contributed by atoms with van der Waals surface area (Å²) >= 11 is 0. The zero-order chi connectivity index (χ0) is 14.8. The number of hydrogen-bond donors (Lipinski definition) is 1. The van der Waals surface area contributed by atoms with E-state index >= 15 is 0 Å². The minimum Gasteiger partial charge on any atom is -0.384 e. The van der Waals surface area contributed by atoms with Crippen LogP contribution >= 0.6 is 0 Å². The normalized spacial score (nSPS) is 12.8. The summed E-state index contributed by atoms with van der Waals surface area (Å²) < 4.78 is 38.7. The molecule has 2 nitrogen and oxygen atoms in total. The number of aliphatic hydroxyl groups excluding tert-OH is 1. The minimum atomic E-state index is -4.54. The molecule has 0 spiro atoms. The number of rotatable bonds is 2. The maximum Gasteiger partial charge on any atom is 0.416 e. The van der Waals surface area contributed by atoms with Crippen molar-refractivity contribution in [2.75, 3.05) is 0 Å². The fourth-order valence-electron chi connectivity index (χ4n) is 1.95. The van der Waals surface area contributed by atoms with Crippen LogP contribution in [0.3, 0.4) is 0 Å². The van der Waals surface area contributed by atoms with Crippen molar-refractivity contribution in [1.82, 2.24) is 0 Å². The molecule has 20 heavy (non-hydrogen) atoms. The van der Waals surface area contributed by atoms with E-state index in [0.717, 1.165) is 6.07 Å². The van der Waals surface area contributed by atoms with Gasteiger partial charge in [-0.1, -0.05) is 30.3 Å². The number of halogens is 3. The molecule has 1 N–H and O–H groups in total. The Hall–Kier alpha value is -2.32. The Labute approximate surface area is 113 Å². The highest BCUT2D eigenvalue weighted by Crippen LogP contribution is 2.36. The third-order valence-corrected chi connectivity index (χ3v) is 2.89. The summed E-state index contributed by atoms with van der Waals surface area (Å²) in [6.07, 6.45) is -5.97. The smallest absolute Gasteiger partial charge is 0.384 e. The number of nitrogens with zero attached hydrogens (tertiary/aromatic N) is 1. The number of alkyl halides is 3. The molecule has 0 fully saturated rings. The molecule has 0 aliphatic rings. The SMILES string of the molecule is N#Cc1cccc(C(O)c2ccccc2C(F)(F)F)c1. The van der Waals surface area contributed by atoms with Gasteiger partial charge in [-0.2, -0.15) is 18.4 Å². The molecule has 0 radical (unpaired) electrons. The van der Waals surface area contributed by atoms with Gasteiger partial charge in [0, 0.05) is 0 Å². The van der Waals surface area contributed by atoms with Crippen LogP contribution in [0, 0.1) is 11.3 Å². The second-order valence-electron chi connectivity index (χ2n) is 4.22. The van der Waals surface area contributed by atoms with Gasteiger partial charge in [-0.05, 0) is 29.3 Å². The number of hydrogen-bond acceptors (Lipinski definition) is 2. The van der Waals surface area contributed by atoms with E-state index in [1.54, 1.807) is 0 Å². The van der Waals surface area contributed by atoms with Gasteiger partial charge in [-0.15, -0.1) is 0 Å². The quantitative estimate of drug-likeness (QED) is 0.910. The molecule has 0 saturated carbocycles. The largest absolute Gasteiger partial charge is 0.416 e. The summed E-state index contributed by atoms with van der Waals surface area (Å²) in [5, 5.41) is 18.9. The van der Waals surface area contributed by atoms with E-state index in [-0.39, 0.29) is 16.7 Å². The fraction of sp³-hybridized carbons (Fsp3) is 0.133. The fourth-order valence-corrected chi connectivity index (χ4v) is 1.95. The third-order valence-electron chi connectivity index (χ3n) is 2.89. The summed E-state index contributed by atoms with van der Waals surface area (Å²) in [4.78, 5) is 0. The van der Waals surface area contributed by atoms with Gasteiger partial charge in [-0.25, -0.2) is 0 Å². The van der Waals surface area contributed by atoms with Crippen molar-refractivity contribution >= 4 is 0 Å². The van der Waals surface area contributed by atoms with Gasteiger partial charge in [0.25, 0.3) is 0 Å². The van der Waals surface area contributed by atoms with Crippen molar-refractivity contribution in [3.8, 4) is 6.07 Å². The summed E-state index contributed by atoms with van der Waals surface area (Å²) in [6, 6.07) is 12.6. The Balaban J connectivity index is 2.49. The first-order valence-electron chi connectivity index (χ1n) is 5.77. The molecule has 0 aliphatic heterocycles. The highest BCUT2D eigenvalue weighted by Gasteiger charge is 2.34. The topological polar surface area (TPSA) is 44.0 Å². The standard InChI is InChI=1S/C15H10F3NO/c16-15(17,18)13-7-2-1-6-12(13)14(20)11-5-3-4-10(8-11)9-19/h1-8,14,20H. The summed E-state index contributed by atoms with van der Waals surface area (Å²) in [6.45, 7) is 0. The number of nitriles is 1. The van der Waals surface area contributed by atoms with Crippen LogP contribution in [-0.4, -0.2) is 5.11 Å². The van der Waals surface area contributed by atoms with Crippen molar-refractivity contribution in [3.63, 3.8) is 0 Å². The Kier molecular flexibility index (Phi) is 3.77. The van der Waals surface area contributed by atoms with Crippen LogP contribution in [0.2, 0.25) is 0 Å². The number of aliphatic hydroxyl groups is 1. The van der Waals surface area contributed by atoms with Gasteiger partial charge in [0.2, 0.25) is 0 Å². The Morgan fingerprint density at radius 2 is 1.75 bits per heavy atom. The van der Waals surface area contributed by atoms with Crippen molar-refractivity contribution < 1.29 is 18.3 Å². The molecule has 5 heteroatoms. The maximum atomic E-state index is 12.9. The maximum absolute atomic E-state index is 12.9. The van der Waals surface area contributed by atoms with Crippen LogP contribution in [0.4, 0.5) is 13.2 Å². The Bertz CT molecular complexity index is 659. The van der Waals surface area contributed by atoms with E-state index in [1.807, 2.05) is 6.07 Å².